The fraction of sp³-hybridized carbons (Fsp3) is 0.500. The first-order valence-corrected chi connectivity index (χ1v) is 6.36. The number of fused-ring (bicyclic) bond motifs is 1. The van der Waals surface area contributed by atoms with Gasteiger partial charge in [0, 0.05) is 12.8 Å². The summed E-state index contributed by atoms with van der Waals surface area (Å²) >= 11 is 0. The van der Waals surface area contributed by atoms with Crippen molar-refractivity contribution in [3.8, 4) is 11.5 Å². The van der Waals surface area contributed by atoms with Crippen molar-refractivity contribution in [1.82, 2.24) is 0 Å². The summed E-state index contributed by atoms with van der Waals surface area (Å²) < 4.78 is 24.7. The van der Waals surface area contributed by atoms with Crippen LogP contribution < -0.4 is 9.47 Å². The number of aryl methyl sites for hydroxylation is 1. The van der Waals surface area contributed by atoms with Crippen molar-refractivity contribution in [2.24, 2.45) is 0 Å². The predicted molar refractivity (Wildman–Crippen MR) is 67.5 cm³/mol. The molecule has 0 aromatic heterocycles. The maximum atomic E-state index is 13.6. The molecule has 1 N–H and O–H groups in total. The Bertz CT molecular complexity index is 471. The topological polar surface area (TPSA) is 55.8 Å². The van der Waals surface area contributed by atoms with Gasteiger partial charge in [0.15, 0.2) is 11.5 Å². The molecule has 5 heteroatoms. The Labute approximate surface area is 111 Å². The number of hydrogen-bond donors (Lipinski definition) is 1. The van der Waals surface area contributed by atoms with Gasteiger partial charge in [0.25, 0.3) is 0 Å². The van der Waals surface area contributed by atoms with Gasteiger partial charge in [0.1, 0.15) is 6.17 Å². The SMILES string of the molecule is CC(F)c1cc2c(cc1CCC(=O)O)OCCCO2. The standard InChI is InChI=1S/C14H17FO4/c1-9(15)11-8-13-12(18-5-2-6-19-13)7-10(11)3-4-14(16)17/h7-9H,2-6H2,1H3,(H,16,17). The van der Waals surface area contributed by atoms with E-state index in [9.17, 15) is 9.18 Å². The highest BCUT2D eigenvalue weighted by molar-refractivity contribution is 5.67. The minimum Gasteiger partial charge on any atom is -0.490 e. The number of aliphatic carboxylic acids is 1. The van der Waals surface area contributed by atoms with Crippen LogP contribution in [0.3, 0.4) is 0 Å². The monoisotopic (exact) mass is 268 g/mol. The van der Waals surface area contributed by atoms with E-state index in [0.717, 1.165) is 6.42 Å². The van der Waals surface area contributed by atoms with Gasteiger partial charge in [-0.2, -0.15) is 0 Å². The van der Waals surface area contributed by atoms with E-state index >= 15 is 0 Å². The second-order valence-corrected chi connectivity index (χ2v) is 4.56. The van der Waals surface area contributed by atoms with E-state index < -0.39 is 12.1 Å². The summed E-state index contributed by atoms with van der Waals surface area (Å²) in [5.41, 5.74) is 1.15. The van der Waals surface area contributed by atoms with Crippen LogP contribution in [0.25, 0.3) is 0 Å². The van der Waals surface area contributed by atoms with Gasteiger partial charge in [-0.25, -0.2) is 4.39 Å². The molecular formula is C14H17FO4. The molecule has 0 aliphatic carbocycles. The Hall–Kier alpha value is -1.78. The molecule has 2 rings (SSSR count). The van der Waals surface area contributed by atoms with Gasteiger partial charge < -0.3 is 14.6 Å². The molecule has 1 aromatic rings. The fourth-order valence-electron chi connectivity index (χ4n) is 2.09. The van der Waals surface area contributed by atoms with Crippen LogP contribution >= 0.6 is 0 Å². The molecule has 0 saturated carbocycles. The van der Waals surface area contributed by atoms with Crippen molar-refractivity contribution in [2.45, 2.75) is 32.4 Å². The molecule has 0 amide bonds. The van der Waals surface area contributed by atoms with Crippen LogP contribution in [0.1, 0.15) is 37.1 Å². The molecule has 19 heavy (non-hydrogen) atoms. The molecule has 0 saturated heterocycles. The number of ether oxygens (including phenoxy) is 2. The van der Waals surface area contributed by atoms with E-state index in [4.69, 9.17) is 14.6 Å². The molecule has 1 aliphatic heterocycles. The highest BCUT2D eigenvalue weighted by Gasteiger charge is 2.18. The van der Waals surface area contributed by atoms with Crippen LogP contribution in [0.15, 0.2) is 12.1 Å². The number of carboxylic acid groups (broad SMARTS) is 1. The van der Waals surface area contributed by atoms with E-state index in [1.165, 1.54) is 6.92 Å². The third kappa shape index (κ3) is 3.36. The second-order valence-electron chi connectivity index (χ2n) is 4.56. The smallest absolute Gasteiger partial charge is 0.303 e. The normalized spacial score (nSPS) is 15.7. The lowest BCUT2D eigenvalue weighted by Crippen LogP contribution is -2.03. The maximum absolute atomic E-state index is 13.6. The summed E-state index contributed by atoms with van der Waals surface area (Å²) in [6.45, 7) is 2.53. The molecular weight excluding hydrogens is 251 g/mol. The minimum absolute atomic E-state index is 0.0284. The van der Waals surface area contributed by atoms with Crippen LogP contribution in [0.5, 0.6) is 11.5 Å². The van der Waals surface area contributed by atoms with Gasteiger partial charge in [-0.15, -0.1) is 0 Å². The molecule has 4 nitrogen and oxygen atoms in total. The first kappa shape index (κ1) is 13.6. The molecule has 1 atom stereocenters. The van der Waals surface area contributed by atoms with E-state index in [2.05, 4.69) is 0 Å². The highest BCUT2D eigenvalue weighted by Crippen LogP contribution is 2.36. The fourth-order valence-corrected chi connectivity index (χ4v) is 2.09. The lowest BCUT2D eigenvalue weighted by Gasteiger charge is -2.15. The highest BCUT2D eigenvalue weighted by atomic mass is 19.1. The number of rotatable bonds is 4. The van der Waals surface area contributed by atoms with Crippen molar-refractivity contribution in [3.63, 3.8) is 0 Å². The van der Waals surface area contributed by atoms with E-state index in [1.54, 1.807) is 12.1 Å². The van der Waals surface area contributed by atoms with E-state index in [1.807, 2.05) is 0 Å². The van der Waals surface area contributed by atoms with Crippen molar-refractivity contribution in [1.29, 1.82) is 0 Å². The lowest BCUT2D eigenvalue weighted by molar-refractivity contribution is -0.136. The Morgan fingerprint density at radius 1 is 1.37 bits per heavy atom. The van der Waals surface area contributed by atoms with Crippen molar-refractivity contribution < 1.29 is 23.8 Å². The number of halogens is 1. The number of carbonyl (C=O) groups is 1. The van der Waals surface area contributed by atoms with Crippen LogP contribution in [0.2, 0.25) is 0 Å². The van der Waals surface area contributed by atoms with E-state index in [0.29, 0.717) is 35.8 Å². The van der Waals surface area contributed by atoms with Gasteiger partial charge >= 0.3 is 5.97 Å². The average molecular weight is 268 g/mol. The third-order valence-corrected chi connectivity index (χ3v) is 3.05. The molecule has 0 radical (unpaired) electrons. The van der Waals surface area contributed by atoms with Crippen LogP contribution in [-0.4, -0.2) is 24.3 Å². The Balaban J connectivity index is 2.33. The Morgan fingerprint density at radius 2 is 2.00 bits per heavy atom. The van der Waals surface area contributed by atoms with Gasteiger partial charge in [0.05, 0.1) is 13.2 Å². The predicted octanol–water partition coefficient (Wildman–Crippen LogP) is 2.90. The summed E-state index contributed by atoms with van der Waals surface area (Å²) in [5.74, 6) is 0.211. The van der Waals surface area contributed by atoms with Gasteiger partial charge in [-0.05, 0) is 36.6 Å². The summed E-state index contributed by atoms with van der Waals surface area (Å²) in [6.07, 6.45) is -0.129. The van der Waals surface area contributed by atoms with Crippen LogP contribution in [0.4, 0.5) is 4.39 Å². The van der Waals surface area contributed by atoms with Crippen LogP contribution in [-0.2, 0) is 11.2 Å². The van der Waals surface area contributed by atoms with Gasteiger partial charge in [-0.1, -0.05) is 0 Å². The molecule has 0 fully saturated rings. The molecule has 104 valence electrons. The third-order valence-electron chi connectivity index (χ3n) is 3.05. The molecule has 1 heterocycles. The zero-order chi connectivity index (χ0) is 13.8. The largest absolute Gasteiger partial charge is 0.490 e. The summed E-state index contributed by atoms with van der Waals surface area (Å²) in [7, 11) is 0. The zero-order valence-electron chi connectivity index (χ0n) is 10.8. The van der Waals surface area contributed by atoms with Gasteiger partial charge in [-0.3, -0.25) is 4.79 Å². The molecule has 0 bridgehead atoms. The average Bonchev–Trinajstić information content (AvgIpc) is 2.59. The van der Waals surface area contributed by atoms with Crippen LogP contribution in [0, 0.1) is 0 Å². The minimum atomic E-state index is -1.17. The first-order valence-electron chi connectivity index (χ1n) is 6.36. The molecule has 0 spiro atoms. The second kappa shape index (κ2) is 5.91. The van der Waals surface area contributed by atoms with E-state index in [-0.39, 0.29) is 12.8 Å². The summed E-state index contributed by atoms with van der Waals surface area (Å²) in [4.78, 5) is 10.6. The number of hydrogen-bond acceptors (Lipinski definition) is 3. The van der Waals surface area contributed by atoms with Crippen molar-refractivity contribution >= 4 is 5.97 Å². The zero-order valence-corrected chi connectivity index (χ0v) is 10.8. The lowest BCUT2D eigenvalue weighted by atomic mass is 9.99. The Kier molecular flexibility index (Phi) is 4.24. The molecule has 1 aromatic carbocycles. The van der Waals surface area contributed by atoms with Crippen molar-refractivity contribution in [2.75, 3.05) is 13.2 Å². The Morgan fingerprint density at radius 3 is 2.58 bits per heavy atom. The van der Waals surface area contributed by atoms with Gasteiger partial charge in [0.2, 0.25) is 0 Å². The maximum Gasteiger partial charge on any atom is 0.303 e. The quantitative estimate of drug-likeness (QED) is 0.912. The summed E-state index contributed by atoms with van der Waals surface area (Å²) in [6, 6.07) is 3.33. The number of benzene rings is 1. The summed E-state index contributed by atoms with van der Waals surface area (Å²) in [5, 5.41) is 8.74. The molecule has 1 unspecified atom stereocenters. The number of alkyl halides is 1. The number of carboxylic acids is 1. The first-order chi connectivity index (χ1) is 9.08. The van der Waals surface area contributed by atoms with Crippen molar-refractivity contribution in [3.05, 3.63) is 23.3 Å². The molecule has 1 aliphatic rings.